The third-order valence-electron chi connectivity index (χ3n) is 3.21. The van der Waals surface area contributed by atoms with Crippen LogP contribution in [0.1, 0.15) is 13.3 Å². The first kappa shape index (κ1) is 7.29. The molecule has 0 amide bonds. The zero-order chi connectivity index (χ0) is 8.51. The molecule has 4 nitrogen and oxygen atoms in total. The van der Waals surface area contributed by atoms with E-state index < -0.39 is 10.1 Å². The van der Waals surface area contributed by atoms with Crippen LogP contribution < -0.4 is 0 Å². The van der Waals surface area contributed by atoms with Crippen molar-refractivity contribution in [3.05, 3.63) is 0 Å². The molecule has 0 aliphatic carbocycles. The van der Waals surface area contributed by atoms with Crippen LogP contribution in [0.5, 0.6) is 0 Å². The van der Waals surface area contributed by atoms with E-state index in [1.165, 1.54) is 0 Å². The number of hydrogen-bond donors (Lipinski definition) is 0. The molecule has 0 aromatic heterocycles. The third kappa shape index (κ3) is 0.639. The quantitative estimate of drug-likeness (QED) is 0.500. The molecule has 3 rings (SSSR count). The van der Waals surface area contributed by atoms with Crippen molar-refractivity contribution in [3.63, 3.8) is 0 Å². The predicted octanol–water partition coefficient (Wildman–Crippen LogP) is -0.109. The van der Waals surface area contributed by atoms with Crippen LogP contribution in [0.4, 0.5) is 0 Å². The summed E-state index contributed by atoms with van der Waals surface area (Å²) in [7, 11) is -3.29. The molecule has 0 aromatic carbocycles. The smallest absolute Gasteiger partial charge is 0.273 e. The van der Waals surface area contributed by atoms with Crippen LogP contribution in [-0.2, 0) is 19.0 Å². The van der Waals surface area contributed by atoms with E-state index in [1.54, 1.807) is 0 Å². The Morgan fingerprint density at radius 3 is 2.67 bits per heavy atom. The van der Waals surface area contributed by atoms with Gasteiger partial charge in [0.15, 0.2) is 0 Å². The zero-order valence-electron chi connectivity index (χ0n) is 6.64. The molecule has 5 heteroatoms. The molecule has 0 aromatic rings. The SMILES string of the molecule is CC1C2CC3C(O2)[C@H]1OS3(=O)=O. The Labute approximate surface area is 71.0 Å². The highest BCUT2D eigenvalue weighted by atomic mass is 32.2. The molecule has 12 heavy (non-hydrogen) atoms. The van der Waals surface area contributed by atoms with E-state index in [-0.39, 0.29) is 29.5 Å². The van der Waals surface area contributed by atoms with Crippen molar-refractivity contribution >= 4 is 10.1 Å². The van der Waals surface area contributed by atoms with E-state index >= 15 is 0 Å². The van der Waals surface area contributed by atoms with Crippen molar-refractivity contribution < 1.29 is 17.3 Å². The Morgan fingerprint density at radius 2 is 2.08 bits per heavy atom. The van der Waals surface area contributed by atoms with E-state index in [0.717, 1.165) is 0 Å². The first-order valence-corrected chi connectivity index (χ1v) is 5.64. The van der Waals surface area contributed by atoms with Crippen molar-refractivity contribution in [2.45, 2.75) is 36.9 Å². The normalized spacial score (nSPS) is 59.6. The molecule has 4 unspecified atom stereocenters. The van der Waals surface area contributed by atoms with Gasteiger partial charge in [0.2, 0.25) is 0 Å². The Hall–Kier alpha value is -0.130. The Balaban J connectivity index is 2.11. The van der Waals surface area contributed by atoms with Crippen molar-refractivity contribution in [2.24, 2.45) is 5.92 Å². The fraction of sp³-hybridized carbons (Fsp3) is 1.00. The first-order chi connectivity index (χ1) is 5.59. The topological polar surface area (TPSA) is 52.6 Å². The van der Waals surface area contributed by atoms with Crippen LogP contribution in [0, 0.1) is 5.92 Å². The molecule has 3 aliphatic rings. The van der Waals surface area contributed by atoms with E-state index in [0.29, 0.717) is 6.42 Å². The summed E-state index contributed by atoms with van der Waals surface area (Å²) in [4.78, 5) is 0. The largest absolute Gasteiger partial charge is 0.370 e. The molecule has 0 N–H and O–H groups in total. The molecule has 0 saturated carbocycles. The van der Waals surface area contributed by atoms with Gasteiger partial charge in [-0.1, -0.05) is 6.92 Å². The second-order valence-electron chi connectivity index (χ2n) is 3.83. The highest BCUT2D eigenvalue weighted by Gasteiger charge is 2.64. The van der Waals surface area contributed by atoms with E-state index in [2.05, 4.69) is 0 Å². The van der Waals surface area contributed by atoms with Crippen LogP contribution in [0.25, 0.3) is 0 Å². The highest BCUT2D eigenvalue weighted by Crippen LogP contribution is 2.49. The maximum absolute atomic E-state index is 11.3. The zero-order valence-corrected chi connectivity index (χ0v) is 7.45. The minimum atomic E-state index is -3.29. The standard InChI is InChI=1S/C7H10O4S/c1-3-4-2-5-7(10-4)6(3)11-12(5,8)9/h3-7H,2H2,1H3/t3?,4?,5?,6-,7?/m0/s1. The summed E-state index contributed by atoms with van der Waals surface area (Å²) >= 11 is 0. The van der Waals surface area contributed by atoms with Gasteiger partial charge in [0.25, 0.3) is 10.1 Å². The summed E-state index contributed by atoms with van der Waals surface area (Å²) in [6.07, 6.45) is 0.376. The highest BCUT2D eigenvalue weighted by molar-refractivity contribution is 7.87. The lowest BCUT2D eigenvalue weighted by molar-refractivity contribution is 0.0830. The summed E-state index contributed by atoms with van der Waals surface area (Å²) in [6, 6.07) is 0. The van der Waals surface area contributed by atoms with Crippen molar-refractivity contribution in [1.82, 2.24) is 0 Å². The monoisotopic (exact) mass is 190 g/mol. The number of ether oxygens (including phenoxy) is 1. The average molecular weight is 190 g/mol. The fourth-order valence-electron chi connectivity index (χ4n) is 2.50. The van der Waals surface area contributed by atoms with Crippen molar-refractivity contribution in [1.29, 1.82) is 0 Å². The molecule has 0 radical (unpaired) electrons. The van der Waals surface area contributed by atoms with Crippen molar-refractivity contribution in [3.8, 4) is 0 Å². The van der Waals surface area contributed by atoms with E-state index in [4.69, 9.17) is 8.92 Å². The summed E-state index contributed by atoms with van der Waals surface area (Å²) < 4.78 is 33.1. The number of fused-ring (bicyclic) bond motifs is 1. The number of rotatable bonds is 0. The van der Waals surface area contributed by atoms with Gasteiger partial charge in [-0.05, 0) is 6.42 Å². The molecule has 3 aliphatic heterocycles. The Kier molecular flexibility index (Phi) is 1.13. The fourth-order valence-corrected chi connectivity index (χ4v) is 4.21. The molecule has 68 valence electrons. The lowest BCUT2D eigenvalue weighted by atomic mass is 9.88. The average Bonchev–Trinajstić information content (AvgIpc) is 2.54. The Bertz CT molecular complexity index is 322. The van der Waals surface area contributed by atoms with Gasteiger partial charge < -0.3 is 4.74 Å². The lowest BCUT2D eigenvalue weighted by Gasteiger charge is -2.15. The molecule has 2 bridgehead atoms. The Morgan fingerprint density at radius 1 is 1.33 bits per heavy atom. The van der Waals surface area contributed by atoms with Crippen LogP contribution in [-0.4, -0.2) is 32.0 Å². The summed E-state index contributed by atoms with van der Waals surface area (Å²) in [5.74, 6) is 0.239. The minimum absolute atomic E-state index is 0.113. The van der Waals surface area contributed by atoms with Gasteiger partial charge in [-0.15, -0.1) is 0 Å². The third-order valence-corrected chi connectivity index (χ3v) is 4.90. The van der Waals surface area contributed by atoms with Gasteiger partial charge in [-0.2, -0.15) is 8.42 Å². The maximum Gasteiger partial charge on any atom is 0.273 e. The van der Waals surface area contributed by atoms with Gasteiger partial charge in [0.1, 0.15) is 17.5 Å². The molecular weight excluding hydrogens is 180 g/mol. The van der Waals surface area contributed by atoms with Crippen LogP contribution in [0.15, 0.2) is 0 Å². The predicted molar refractivity (Wildman–Crippen MR) is 40.0 cm³/mol. The minimum Gasteiger partial charge on any atom is -0.370 e. The molecule has 3 fully saturated rings. The summed E-state index contributed by atoms with van der Waals surface area (Å²) in [5.41, 5.74) is 0. The van der Waals surface area contributed by atoms with Gasteiger partial charge >= 0.3 is 0 Å². The summed E-state index contributed by atoms with van der Waals surface area (Å²) in [6.45, 7) is 1.99. The lowest BCUT2D eigenvalue weighted by Crippen LogP contribution is -2.32. The molecule has 3 saturated heterocycles. The van der Waals surface area contributed by atoms with Crippen LogP contribution >= 0.6 is 0 Å². The van der Waals surface area contributed by atoms with Gasteiger partial charge in [-0.3, -0.25) is 4.18 Å². The molecule has 3 heterocycles. The van der Waals surface area contributed by atoms with Crippen molar-refractivity contribution in [2.75, 3.05) is 0 Å². The van der Waals surface area contributed by atoms with E-state index in [1.807, 2.05) is 6.92 Å². The van der Waals surface area contributed by atoms with Gasteiger partial charge in [0, 0.05) is 5.92 Å². The number of hydrogen-bond acceptors (Lipinski definition) is 4. The summed E-state index contributed by atoms with van der Waals surface area (Å²) in [5, 5.41) is -0.372. The maximum atomic E-state index is 11.3. The van der Waals surface area contributed by atoms with Gasteiger partial charge in [0.05, 0.1) is 6.10 Å². The van der Waals surface area contributed by atoms with Crippen LogP contribution in [0.2, 0.25) is 0 Å². The first-order valence-electron chi connectivity index (χ1n) is 4.17. The molecule has 0 spiro atoms. The second kappa shape index (κ2) is 1.86. The van der Waals surface area contributed by atoms with Gasteiger partial charge in [-0.25, -0.2) is 0 Å². The van der Waals surface area contributed by atoms with Crippen LogP contribution in [0.3, 0.4) is 0 Å². The van der Waals surface area contributed by atoms with E-state index in [9.17, 15) is 8.42 Å². The second-order valence-corrected chi connectivity index (χ2v) is 5.61. The molecule has 5 atom stereocenters. The molecular formula is C7H10O4S.